The number of rotatable bonds is 5. The van der Waals surface area contributed by atoms with Gasteiger partial charge in [-0.1, -0.05) is 0 Å². The zero-order valence-electron chi connectivity index (χ0n) is 8.34. The van der Waals surface area contributed by atoms with Crippen molar-refractivity contribution in [1.82, 2.24) is 9.97 Å². The highest BCUT2D eigenvalue weighted by Gasteiger charge is 2.05. The molecule has 0 aliphatic carbocycles. The molecule has 1 heterocycles. The Morgan fingerprint density at radius 2 is 2.33 bits per heavy atom. The molecule has 0 aliphatic rings. The van der Waals surface area contributed by atoms with Crippen LogP contribution in [0, 0.1) is 0 Å². The van der Waals surface area contributed by atoms with E-state index in [1.165, 1.54) is 7.11 Å². The fourth-order valence-electron chi connectivity index (χ4n) is 0.925. The first-order chi connectivity index (χ1) is 7.15. The molecule has 15 heavy (non-hydrogen) atoms. The third-order valence-electron chi connectivity index (χ3n) is 1.66. The molecule has 0 spiro atoms. The van der Waals surface area contributed by atoms with Crippen LogP contribution < -0.4 is 15.8 Å². The average Bonchev–Trinajstić information content (AvgIpc) is 2.25. The Balaban J connectivity index is 2.64. The van der Waals surface area contributed by atoms with Crippen molar-refractivity contribution in [1.29, 1.82) is 0 Å². The molecular weight excluding hydrogens is 200 g/mol. The van der Waals surface area contributed by atoms with E-state index in [0.717, 1.165) is 0 Å². The van der Waals surface area contributed by atoms with Crippen molar-refractivity contribution in [2.24, 2.45) is 0 Å². The fourth-order valence-corrected chi connectivity index (χ4v) is 0.925. The smallest absolute Gasteiger partial charge is 0.225 e. The number of hydrogen-bond acceptors (Lipinski definition) is 7. The van der Waals surface area contributed by atoms with Crippen LogP contribution in [0.4, 0.5) is 11.8 Å². The van der Waals surface area contributed by atoms with E-state index in [9.17, 15) is 0 Å². The first kappa shape index (κ1) is 11.5. The van der Waals surface area contributed by atoms with Crippen molar-refractivity contribution in [3.05, 3.63) is 6.07 Å². The van der Waals surface area contributed by atoms with E-state index in [2.05, 4.69) is 15.3 Å². The van der Waals surface area contributed by atoms with Gasteiger partial charge < -0.3 is 26.0 Å². The summed E-state index contributed by atoms with van der Waals surface area (Å²) in [6, 6.07) is 1.54. The predicted molar refractivity (Wildman–Crippen MR) is 54.6 cm³/mol. The number of anilines is 2. The number of hydrogen-bond donors (Lipinski definition) is 4. The van der Waals surface area contributed by atoms with Crippen LogP contribution in [-0.2, 0) is 0 Å². The predicted octanol–water partition coefficient (Wildman–Crippen LogP) is -1.17. The maximum absolute atomic E-state index is 9.10. The van der Waals surface area contributed by atoms with Crippen LogP contribution in [0.25, 0.3) is 0 Å². The van der Waals surface area contributed by atoms with Gasteiger partial charge in [0.2, 0.25) is 11.8 Å². The molecule has 0 saturated heterocycles. The van der Waals surface area contributed by atoms with Crippen LogP contribution in [0.15, 0.2) is 6.07 Å². The number of methoxy groups -OCH3 is 1. The van der Waals surface area contributed by atoms with E-state index in [-0.39, 0.29) is 19.1 Å². The van der Waals surface area contributed by atoms with Crippen molar-refractivity contribution < 1.29 is 14.9 Å². The zero-order valence-corrected chi connectivity index (χ0v) is 8.34. The minimum Gasteiger partial charge on any atom is -0.481 e. The molecule has 7 heteroatoms. The number of aliphatic hydroxyl groups excluding tert-OH is 2. The van der Waals surface area contributed by atoms with Gasteiger partial charge in [0.1, 0.15) is 5.82 Å². The third kappa shape index (κ3) is 3.56. The van der Waals surface area contributed by atoms with Crippen LogP contribution in [0.1, 0.15) is 0 Å². The molecule has 1 unspecified atom stereocenters. The van der Waals surface area contributed by atoms with E-state index < -0.39 is 6.10 Å². The van der Waals surface area contributed by atoms with Crippen molar-refractivity contribution in [3.8, 4) is 5.88 Å². The van der Waals surface area contributed by atoms with Gasteiger partial charge in [0, 0.05) is 12.6 Å². The van der Waals surface area contributed by atoms with Crippen LogP contribution in [0.5, 0.6) is 5.88 Å². The maximum Gasteiger partial charge on any atom is 0.225 e. The van der Waals surface area contributed by atoms with Gasteiger partial charge in [0.05, 0.1) is 19.8 Å². The summed E-state index contributed by atoms with van der Waals surface area (Å²) in [7, 11) is 1.47. The van der Waals surface area contributed by atoms with Crippen molar-refractivity contribution in [2.45, 2.75) is 6.10 Å². The number of nitrogen functional groups attached to an aromatic ring is 1. The summed E-state index contributed by atoms with van der Waals surface area (Å²) in [6.45, 7) is -0.138. The van der Waals surface area contributed by atoms with Gasteiger partial charge in [0.25, 0.3) is 0 Å². The van der Waals surface area contributed by atoms with Crippen LogP contribution in [0.3, 0.4) is 0 Å². The SMILES string of the molecule is COc1cc(NCC(O)CO)nc(N)n1. The topological polar surface area (TPSA) is 114 Å². The Hall–Kier alpha value is -1.60. The molecular formula is C8H14N4O3. The molecule has 1 aromatic rings. The first-order valence-corrected chi connectivity index (χ1v) is 4.37. The second-order valence-electron chi connectivity index (χ2n) is 2.87. The number of nitrogens with one attached hydrogen (secondary N) is 1. The van der Waals surface area contributed by atoms with Gasteiger partial charge in [-0.3, -0.25) is 0 Å². The number of aromatic nitrogens is 2. The van der Waals surface area contributed by atoms with Crippen molar-refractivity contribution in [3.63, 3.8) is 0 Å². The van der Waals surface area contributed by atoms with E-state index in [1.54, 1.807) is 6.07 Å². The molecule has 1 atom stereocenters. The second-order valence-corrected chi connectivity index (χ2v) is 2.87. The van der Waals surface area contributed by atoms with E-state index >= 15 is 0 Å². The highest BCUT2D eigenvalue weighted by atomic mass is 16.5. The van der Waals surface area contributed by atoms with E-state index in [0.29, 0.717) is 11.7 Å². The second kappa shape index (κ2) is 5.32. The molecule has 0 aromatic carbocycles. The molecule has 1 aromatic heterocycles. The summed E-state index contributed by atoms with van der Waals surface area (Å²) >= 11 is 0. The Kier molecular flexibility index (Phi) is 4.07. The lowest BCUT2D eigenvalue weighted by molar-refractivity contribution is 0.105. The lowest BCUT2D eigenvalue weighted by Gasteiger charge is -2.10. The summed E-state index contributed by atoms with van der Waals surface area (Å²) in [5.74, 6) is 0.852. The Morgan fingerprint density at radius 3 is 2.93 bits per heavy atom. The lowest BCUT2D eigenvalue weighted by Crippen LogP contribution is -2.23. The lowest BCUT2D eigenvalue weighted by atomic mass is 10.4. The number of nitrogens with zero attached hydrogens (tertiary/aromatic N) is 2. The first-order valence-electron chi connectivity index (χ1n) is 4.37. The van der Waals surface area contributed by atoms with Crippen LogP contribution in [-0.4, -0.2) is 46.5 Å². The van der Waals surface area contributed by atoms with E-state index in [4.69, 9.17) is 20.7 Å². The highest BCUT2D eigenvalue weighted by molar-refractivity contribution is 5.42. The molecule has 0 fully saturated rings. The number of aliphatic hydroxyl groups is 2. The van der Waals surface area contributed by atoms with Crippen molar-refractivity contribution in [2.75, 3.05) is 31.3 Å². The molecule has 7 nitrogen and oxygen atoms in total. The van der Waals surface area contributed by atoms with Crippen LogP contribution >= 0.6 is 0 Å². The zero-order chi connectivity index (χ0) is 11.3. The molecule has 5 N–H and O–H groups in total. The quantitative estimate of drug-likeness (QED) is 0.488. The third-order valence-corrected chi connectivity index (χ3v) is 1.66. The maximum atomic E-state index is 9.10. The summed E-state index contributed by atoms with van der Waals surface area (Å²) in [6.07, 6.45) is -0.841. The Bertz CT molecular complexity index is 321. The fraction of sp³-hybridized carbons (Fsp3) is 0.500. The summed E-state index contributed by atoms with van der Waals surface area (Å²) < 4.78 is 4.89. The van der Waals surface area contributed by atoms with Gasteiger partial charge >= 0.3 is 0 Å². The molecule has 0 amide bonds. The van der Waals surface area contributed by atoms with E-state index in [1.807, 2.05) is 0 Å². The standard InChI is InChI=1S/C8H14N4O3/c1-15-7-2-6(11-8(9)12-7)10-3-5(14)4-13/h2,5,13-14H,3-4H2,1H3,(H3,9,10,11,12). The molecule has 84 valence electrons. The van der Waals surface area contributed by atoms with Crippen molar-refractivity contribution >= 4 is 11.8 Å². The average molecular weight is 214 g/mol. The minimum atomic E-state index is -0.841. The number of nitrogens with two attached hydrogens (primary N) is 1. The Morgan fingerprint density at radius 1 is 1.60 bits per heavy atom. The van der Waals surface area contributed by atoms with Gasteiger partial charge in [-0.15, -0.1) is 0 Å². The largest absolute Gasteiger partial charge is 0.481 e. The van der Waals surface area contributed by atoms with Gasteiger partial charge in [-0.2, -0.15) is 9.97 Å². The van der Waals surface area contributed by atoms with Gasteiger partial charge in [0.15, 0.2) is 0 Å². The van der Waals surface area contributed by atoms with Gasteiger partial charge in [-0.05, 0) is 0 Å². The highest BCUT2D eigenvalue weighted by Crippen LogP contribution is 2.13. The Labute approximate surface area is 86.9 Å². The molecule has 0 bridgehead atoms. The van der Waals surface area contributed by atoms with Gasteiger partial charge in [-0.25, -0.2) is 0 Å². The summed E-state index contributed by atoms with van der Waals surface area (Å²) in [4.78, 5) is 7.66. The minimum absolute atomic E-state index is 0.0790. The molecule has 0 saturated carbocycles. The van der Waals surface area contributed by atoms with Crippen LogP contribution in [0.2, 0.25) is 0 Å². The normalized spacial score (nSPS) is 12.2. The summed E-state index contributed by atoms with van der Waals surface area (Å²) in [5.41, 5.74) is 5.42. The molecule has 0 aliphatic heterocycles. The molecule has 0 radical (unpaired) electrons. The summed E-state index contributed by atoms with van der Waals surface area (Å²) in [5, 5.41) is 20.5. The number of ether oxygens (including phenoxy) is 1. The monoisotopic (exact) mass is 214 g/mol. The molecule has 1 rings (SSSR count).